The van der Waals surface area contributed by atoms with Crippen LogP contribution in [0.2, 0.25) is 0 Å². The van der Waals surface area contributed by atoms with Crippen molar-refractivity contribution in [3.63, 3.8) is 0 Å². The van der Waals surface area contributed by atoms with Gasteiger partial charge in [0, 0.05) is 31.1 Å². The van der Waals surface area contributed by atoms with E-state index in [4.69, 9.17) is 9.47 Å². The van der Waals surface area contributed by atoms with Crippen LogP contribution >= 0.6 is 0 Å². The molecule has 2 amide bonds. The molecule has 1 unspecified atom stereocenters. The maximum Gasteiger partial charge on any atom is 0.315 e. The smallest absolute Gasteiger partial charge is 0.315 e. The fourth-order valence-electron chi connectivity index (χ4n) is 6.17. The minimum Gasteiger partial charge on any atom is -0.508 e. The van der Waals surface area contributed by atoms with E-state index in [9.17, 15) is 24.9 Å². The predicted molar refractivity (Wildman–Crippen MR) is 190 cm³/mol. The average molecular weight is 682 g/mol. The fourth-order valence-corrected chi connectivity index (χ4v) is 6.17. The van der Waals surface area contributed by atoms with E-state index in [0.717, 1.165) is 27.8 Å². The summed E-state index contributed by atoms with van der Waals surface area (Å²) in [4.78, 5) is 26.9. The van der Waals surface area contributed by atoms with Crippen molar-refractivity contribution in [3.05, 3.63) is 137 Å². The number of aliphatic hydroxyl groups is 2. The summed E-state index contributed by atoms with van der Waals surface area (Å²) in [6, 6.07) is 30.5. The molecule has 0 saturated carbocycles. The number of nitrogens with one attached hydrogen (secondary N) is 2. The van der Waals surface area contributed by atoms with Gasteiger partial charge in [0.1, 0.15) is 5.75 Å². The van der Waals surface area contributed by atoms with Gasteiger partial charge in [0.05, 0.1) is 31.0 Å². The summed E-state index contributed by atoms with van der Waals surface area (Å²) in [5.41, 5.74) is 5.06. The number of phenolic OH excluding ortho intramolecular Hbond substituents is 1. The number of ketones is 1. The average Bonchev–Trinajstić information content (AvgIpc) is 3.12. The van der Waals surface area contributed by atoms with Gasteiger partial charge in [-0.25, -0.2) is 4.79 Å². The Morgan fingerprint density at radius 2 is 1.54 bits per heavy atom. The van der Waals surface area contributed by atoms with Crippen molar-refractivity contribution in [2.24, 2.45) is 5.92 Å². The number of Topliss-reactive ketones (excluding diaryl/α,β-unsaturated/α-hetero) is 1. The van der Waals surface area contributed by atoms with Gasteiger partial charge in [0.25, 0.3) is 0 Å². The van der Waals surface area contributed by atoms with Crippen molar-refractivity contribution < 1.29 is 34.4 Å². The van der Waals surface area contributed by atoms with E-state index in [1.807, 2.05) is 90.8 Å². The van der Waals surface area contributed by atoms with Crippen LogP contribution in [0.25, 0.3) is 0 Å². The number of hydrogen-bond acceptors (Lipinski definition) is 8. The molecule has 1 saturated heterocycles. The summed E-state index contributed by atoms with van der Waals surface area (Å²) in [5.74, 6) is -0.0572. The summed E-state index contributed by atoms with van der Waals surface area (Å²) in [5, 5.41) is 35.9. The number of aromatic hydroxyl groups is 1. The molecular formula is C40H47N3O7. The van der Waals surface area contributed by atoms with E-state index in [2.05, 4.69) is 17.6 Å². The van der Waals surface area contributed by atoms with Crippen molar-refractivity contribution in [3.8, 4) is 5.75 Å². The first-order chi connectivity index (χ1) is 24.1. The first-order valence-electron chi connectivity index (χ1n) is 16.9. The van der Waals surface area contributed by atoms with Crippen molar-refractivity contribution in [2.75, 3.05) is 20.1 Å². The molecule has 1 aliphatic heterocycles. The number of hydrogen-bond donors (Lipinski definition) is 5. The maximum atomic E-state index is 12.7. The molecular weight excluding hydrogens is 634 g/mol. The highest BCUT2D eigenvalue weighted by molar-refractivity contribution is 5.87. The van der Waals surface area contributed by atoms with Gasteiger partial charge >= 0.3 is 6.03 Å². The number of phenols is 1. The highest BCUT2D eigenvalue weighted by Gasteiger charge is 2.39. The Kier molecular flexibility index (Phi) is 12.8. The number of amides is 2. The molecule has 50 heavy (non-hydrogen) atoms. The monoisotopic (exact) mass is 681 g/mol. The van der Waals surface area contributed by atoms with Crippen molar-refractivity contribution in [2.45, 2.75) is 64.1 Å². The van der Waals surface area contributed by atoms with E-state index in [-0.39, 0.29) is 42.8 Å². The molecule has 0 aliphatic carbocycles. The van der Waals surface area contributed by atoms with Crippen LogP contribution in [0.15, 0.2) is 103 Å². The quantitative estimate of drug-likeness (QED) is 0.120. The Morgan fingerprint density at radius 3 is 2.20 bits per heavy atom. The number of aliphatic hydroxyl groups excluding tert-OH is 2. The minimum atomic E-state index is -0.791. The van der Waals surface area contributed by atoms with Gasteiger partial charge in [-0.3, -0.25) is 4.79 Å². The third-order valence-electron chi connectivity index (χ3n) is 9.14. The SMILES string of the molecule is CC(=O)[C@@H](Cc1ccccc1)NC(=O)NCc1ccc(C2O[C@H](CN(C)C[C@@H](O)c3cccc(O)c3)[C@H](C)[C@H](c3ccc(CO)cc3)O2)cc1. The van der Waals surface area contributed by atoms with E-state index >= 15 is 0 Å². The molecule has 1 fully saturated rings. The van der Waals surface area contributed by atoms with Gasteiger partial charge in [-0.2, -0.15) is 0 Å². The van der Waals surface area contributed by atoms with Gasteiger partial charge < -0.3 is 40.3 Å². The Hall–Kier alpha value is -4.58. The topological polar surface area (TPSA) is 141 Å². The molecule has 5 rings (SSSR count). The maximum absolute atomic E-state index is 12.7. The lowest BCUT2D eigenvalue weighted by Crippen LogP contribution is -2.46. The summed E-state index contributed by atoms with van der Waals surface area (Å²) in [6.45, 7) is 4.63. The molecule has 0 spiro atoms. The summed E-state index contributed by atoms with van der Waals surface area (Å²) in [7, 11) is 1.93. The number of carbonyl (C=O) groups excluding carboxylic acids is 2. The second-order valence-electron chi connectivity index (χ2n) is 13.1. The van der Waals surface area contributed by atoms with Gasteiger partial charge in [0.15, 0.2) is 12.1 Å². The molecule has 10 nitrogen and oxygen atoms in total. The molecule has 0 bridgehead atoms. The lowest BCUT2D eigenvalue weighted by atomic mass is 9.90. The highest BCUT2D eigenvalue weighted by Crippen LogP contribution is 2.42. The lowest BCUT2D eigenvalue weighted by molar-refractivity contribution is -0.276. The zero-order valence-corrected chi connectivity index (χ0v) is 28.7. The number of urea groups is 1. The predicted octanol–water partition coefficient (Wildman–Crippen LogP) is 5.34. The van der Waals surface area contributed by atoms with Crippen molar-refractivity contribution in [1.82, 2.24) is 15.5 Å². The minimum absolute atomic E-state index is 0.0457. The van der Waals surface area contributed by atoms with E-state index in [0.29, 0.717) is 25.1 Å². The Balaban J connectivity index is 1.24. The Morgan fingerprint density at radius 1 is 0.860 bits per heavy atom. The second kappa shape index (κ2) is 17.4. The summed E-state index contributed by atoms with van der Waals surface area (Å²) >= 11 is 0. The normalized spacial score (nSPS) is 20.2. The van der Waals surface area contributed by atoms with Crippen LogP contribution in [0, 0.1) is 5.92 Å². The van der Waals surface area contributed by atoms with Gasteiger partial charge in [-0.05, 0) is 60.3 Å². The van der Waals surface area contributed by atoms with E-state index < -0.39 is 24.5 Å². The van der Waals surface area contributed by atoms with Crippen LogP contribution in [0.3, 0.4) is 0 Å². The van der Waals surface area contributed by atoms with Crippen LogP contribution < -0.4 is 10.6 Å². The number of rotatable bonds is 14. The highest BCUT2D eigenvalue weighted by atomic mass is 16.7. The van der Waals surface area contributed by atoms with Crippen LogP contribution in [0.5, 0.6) is 5.75 Å². The molecule has 0 radical (unpaired) electrons. The molecule has 4 aromatic rings. The van der Waals surface area contributed by atoms with Crippen molar-refractivity contribution in [1.29, 1.82) is 0 Å². The summed E-state index contributed by atoms with van der Waals surface area (Å²) in [6.07, 6.45) is -1.61. The fraction of sp³-hybridized carbons (Fsp3) is 0.350. The van der Waals surface area contributed by atoms with E-state index in [1.165, 1.54) is 6.92 Å². The first-order valence-corrected chi connectivity index (χ1v) is 16.9. The molecule has 4 aromatic carbocycles. The second-order valence-corrected chi connectivity index (χ2v) is 13.1. The molecule has 6 atom stereocenters. The standard InChI is InChI=1S/C40H47N3O7/c1-26-37(24-43(3)23-36(47)33-10-7-11-34(46)21-33)49-39(50-38(26)31-16-14-30(25-44)15-17-31)32-18-12-29(13-19-32)22-41-40(48)42-35(27(2)45)20-28-8-5-4-6-9-28/h4-19,21,26,35-39,44,46-47H,20,22-25H2,1-3H3,(H2,41,42,48)/t26-,35+,36+,37+,38+,39?/m0/s1. The van der Waals surface area contributed by atoms with Crippen LogP contribution in [0.4, 0.5) is 4.79 Å². The molecule has 5 N–H and O–H groups in total. The molecule has 0 aromatic heterocycles. The third-order valence-corrected chi connectivity index (χ3v) is 9.14. The van der Waals surface area contributed by atoms with Crippen LogP contribution in [0.1, 0.15) is 65.7 Å². The largest absolute Gasteiger partial charge is 0.508 e. The van der Waals surface area contributed by atoms with Crippen molar-refractivity contribution >= 4 is 11.8 Å². The summed E-state index contributed by atoms with van der Waals surface area (Å²) < 4.78 is 13.2. The third kappa shape index (κ3) is 9.99. The molecule has 1 aliphatic rings. The molecule has 1 heterocycles. The molecule has 264 valence electrons. The number of carbonyl (C=O) groups is 2. The zero-order chi connectivity index (χ0) is 35.6. The Labute approximate surface area is 293 Å². The van der Waals surface area contributed by atoms with Crippen LogP contribution in [-0.4, -0.2) is 64.3 Å². The molecule has 10 heteroatoms. The number of likely N-dealkylation sites (N-methyl/N-ethyl adjacent to an activating group) is 1. The number of nitrogens with zero attached hydrogens (tertiary/aromatic N) is 1. The lowest BCUT2D eigenvalue weighted by Gasteiger charge is -2.42. The Bertz CT molecular complexity index is 1680. The van der Waals surface area contributed by atoms with Gasteiger partial charge in [-0.15, -0.1) is 0 Å². The number of ether oxygens (including phenoxy) is 2. The van der Waals surface area contributed by atoms with Gasteiger partial charge in [0.2, 0.25) is 0 Å². The first kappa shape index (κ1) is 36.7. The van der Waals surface area contributed by atoms with Gasteiger partial charge in [-0.1, -0.05) is 97.9 Å². The van der Waals surface area contributed by atoms with E-state index in [1.54, 1.807) is 24.3 Å². The van der Waals surface area contributed by atoms with Crippen LogP contribution in [-0.2, 0) is 33.8 Å². The number of benzene rings is 4. The zero-order valence-electron chi connectivity index (χ0n) is 28.7.